The first-order chi connectivity index (χ1) is 9.58. The van der Waals surface area contributed by atoms with Crippen LogP contribution in [-0.4, -0.2) is 43.7 Å². The van der Waals surface area contributed by atoms with Gasteiger partial charge in [0.1, 0.15) is 6.10 Å². The topological polar surface area (TPSA) is 96.0 Å². The Balaban J connectivity index is 1.90. The quantitative estimate of drug-likeness (QED) is 0.621. The van der Waals surface area contributed by atoms with Gasteiger partial charge in [-0.05, 0) is 0 Å². The molecular weight excluding hydrogens is 280 g/mol. The van der Waals surface area contributed by atoms with Crippen molar-refractivity contribution >= 4 is 16.8 Å². The zero-order valence-corrected chi connectivity index (χ0v) is 11.1. The van der Waals surface area contributed by atoms with Gasteiger partial charge in [-0.2, -0.15) is 0 Å². The van der Waals surface area contributed by atoms with E-state index in [-0.39, 0.29) is 5.70 Å². The fourth-order valence-corrected chi connectivity index (χ4v) is 3.73. The van der Waals surface area contributed by atoms with Gasteiger partial charge in [-0.15, -0.1) is 0 Å². The third kappa shape index (κ3) is 2.13. The van der Waals surface area contributed by atoms with Crippen molar-refractivity contribution in [2.24, 2.45) is 4.99 Å². The zero-order chi connectivity index (χ0) is 14.3. The van der Waals surface area contributed by atoms with E-state index in [4.69, 9.17) is 0 Å². The number of nitrogens with zero attached hydrogens (tertiary/aromatic N) is 2. The van der Waals surface area contributed by atoms with E-state index >= 15 is 0 Å². The minimum absolute atomic E-state index is 0.351. The number of rotatable bonds is 2. The van der Waals surface area contributed by atoms with Gasteiger partial charge in [0.25, 0.3) is 5.70 Å². The molecule has 0 bridgehead atoms. The van der Waals surface area contributed by atoms with E-state index in [2.05, 4.69) is 4.99 Å². The smallest absolute Gasteiger partial charge is 0.274 e. The van der Waals surface area contributed by atoms with Gasteiger partial charge in [-0.25, -0.2) is 0 Å². The Morgan fingerprint density at radius 3 is 2.60 bits per heavy atom. The van der Waals surface area contributed by atoms with Crippen LogP contribution in [0.5, 0.6) is 0 Å². The summed E-state index contributed by atoms with van der Waals surface area (Å²) < 4.78 is 0. The van der Waals surface area contributed by atoms with Gasteiger partial charge in [0, 0.05) is 11.6 Å². The predicted molar refractivity (Wildman–Crippen MR) is 75.2 cm³/mol. The van der Waals surface area contributed by atoms with E-state index in [0.717, 1.165) is 11.6 Å². The lowest BCUT2D eigenvalue weighted by Gasteiger charge is -2.27. The Morgan fingerprint density at radius 2 is 1.95 bits per heavy atom. The molecule has 7 heteroatoms. The summed E-state index contributed by atoms with van der Waals surface area (Å²) in [5.74, 6) is 0. The first-order valence-corrected chi connectivity index (χ1v) is 6.98. The molecule has 2 aliphatic rings. The third-order valence-corrected chi connectivity index (χ3v) is 4.76. The van der Waals surface area contributed by atoms with Crippen molar-refractivity contribution in [3.63, 3.8) is 0 Å². The Kier molecular flexibility index (Phi) is 3.33. The molecule has 6 nitrogen and oxygen atoms in total. The van der Waals surface area contributed by atoms with Crippen LogP contribution in [0, 0.1) is 10.1 Å². The maximum Gasteiger partial charge on any atom is 0.274 e. The first kappa shape index (κ1) is 13.3. The number of thioether (sulfide) groups is 1. The standard InChI is InChI=1S/C13H12N2O4S/c16-9-6-8(15(18)19)11(17)12-10(9)14-13(20-12)7-4-2-1-3-5-7/h1-6,9-12,16-17H. The first-order valence-electron chi connectivity index (χ1n) is 6.10. The molecule has 3 rings (SSSR count). The number of benzene rings is 1. The van der Waals surface area contributed by atoms with E-state index < -0.39 is 28.4 Å². The Morgan fingerprint density at radius 1 is 1.25 bits per heavy atom. The van der Waals surface area contributed by atoms with Crippen LogP contribution in [0.2, 0.25) is 0 Å². The van der Waals surface area contributed by atoms with Crippen molar-refractivity contribution in [2.45, 2.75) is 23.5 Å². The molecule has 20 heavy (non-hydrogen) atoms. The van der Waals surface area contributed by atoms with Crippen molar-refractivity contribution in [1.82, 2.24) is 0 Å². The summed E-state index contributed by atoms with van der Waals surface area (Å²) in [6, 6.07) is 8.83. The lowest BCUT2D eigenvalue weighted by Crippen LogP contribution is -2.45. The summed E-state index contributed by atoms with van der Waals surface area (Å²) in [4.78, 5) is 14.6. The summed E-state index contributed by atoms with van der Waals surface area (Å²) in [5, 5.41) is 31.1. The summed E-state index contributed by atoms with van der Waals surface area (Å²) in [6.45, 7) is 0. The fraction of sp³-hybridized carbons (Fsp3) is 0.308. The molecule has 1 heterocycles. The van der Waals surface area contributed by atoms with Crippen LogP contribution in [0.1, 0.15) is 5.56 Å². The average molecular weight is 292 g/mol. The van der Waals surface area contributed by atoms with Crippen molar-refractivity contribution in [1.29, 1.82) is 0 Å². The van der Waals surface area contributed by atoms with Crippen molar-refractivity contribution in [3.8, 4) is 0 Å². The largest absolute Gasteiger partial charge is 0.386 e. The molecule has 0 saturated carbocycles. The Labute approximate surface area is 119 Å². The van der Waals surface area contributed by atoms with Gasteiger partial charge in [-0.1, -0.05) is 42.1 Å². The molecule has 0 amide bonds. The molecule has 1 aliphatic carbocycles. The highest BCUT2D eigenvalue weighted by atomic mass is 32.2. The lowest BCUT2D eigenvalue weighted by atomic mass is 9.94. The highest BCUT2D eigenvalue weighted by Gasteiger charge is 2.48. The van der Waals surface area contributed by atoms with Gasteiger partial charge >= 0.3 is 0 Å². The second-order valence-electron chi connectivity index (χ2n) is 4.66. The molecule has 0 aromatic heterocycles. The van der Waals surface area contributed by atoms with E-state index in [1.165, 1.54) is 11.8 Å². The van der Waals surface area contributed by atoms with Crippen LogP contribution in [0.3, 0.4) is 0 Å². The molecule has 4 unspecified atom stereocenters. The fourth-order valence-electron chi connectivity index (χ4n) is 2.39. The molecule has 0 spiro atoms. The number of aliphatic hydroxyl groups is 2. The molecule has 2 N–H and O–H groups in total. The van der Waals surface area contributed by atoms with Crippen molar-refractivity contribution in [2.75, 3.05) is 0 Å². The highest BCUT2D eigenvalue weighted by Crippen LogP contribution is 2.39. The number of fused-ring (bicyclic) bond motifs is 1. The average Bonchev–Trinajstić information content (AvgIpc) is 2.89. The summed E-state index contributed by atoms with van der Waals surface area (Å²) in [6.07, 6.45) is -1.19. The third-order valence-electron chi connectivity index (χ3n) is 3.39. The summed E-state index contributed by atoms with van der Waals surface area (Å²) >= 11 is 1.28. The molecule has 0 saturated heterocycles. The second-order valence-corrected chi connectivity index (χ2v) is 5.82. The lowest BCUT2D eigenvalue weighted by molar-refractivity contribution is -0.437. The molecule has 4 atom stereocenters. The summed E-state index contributed by atoms with van der Waals surface area (Å²) in [5.41, 5.74) is 0.532. The van der Waals surface area contributed by atoms with Crippen molar-refractivity contribution in [3.05, 3.63) is 57.8 Å². The molecule has 1 aliphatic heterocycles. The maximum absolute atomic E-state index is 10.9. The predicted octanol–water partition coefficient (Wildman–Crippen LogP) is 0.813. The number of hydrogen-bond acceptors (Lipinski definition) is 6. The van der Waals surface area contributed by atoms with Crippen LogP contribution in [0.15, 0.2) is 47.1 Å². The SMILES string of the molecule is O=[N+]([O-])C1=CC(O)C2N=C(c3ccccc3)SC2C1O. The monoisotopic (exact) mass is 292 g/mol. The molecule has 1 aromatic rings. The Bertz CT molecular complexity index is 602. The molecule has 104 valence electrons. The minimum Gasteiger partial charge on any atom is -0.386 e. The maximum atomic E-state index is 10.9. The number of aliphatic hydroxyl groups excluding tert-OH is 2. The zero-order valence-electron chi connectivity index (χ0n) is 10.3. The van der Waals surface area contributed by atoms with E-state index in [9.17, 15) is 20.3 Å². The van der Waals surface area contributed by atoms with Crippen LogP contribution in [0.4, 0.5) is 0 Å². The molecular formula is C13H12N2O4S. The highest BCUT2D eigenvalue weighted by molar-refractivity contribution is 8.15. The molecule has 0 radical (unpaired) electrons. The van der Waals surface area contributed by atoms with Crippen molar-refractivity contribution < 1.29 is 15.1 Å². The Hall–Kier alpha value is -1.70. The normalized spacial score (nSPS) is 32.3. The van der Waals surface area contributed by atoms with Crippen LogP contribution >= 0.6 is 11.8 Å². The van der Waals surface area contributed by atoms with E-state index in [1.54, 1.807) is 0 Å². The van der Waals surface area contributed by atoms with E-state index in [0.29, 0.717) is 5.04 Å². The number of aliphatic imine (C=N–C) groups is 1. The van der Waals surface area contributed by atoms with Gasteiger partial charge in [-0.3, -0.25) is 15.1 Å². The summed E-state index contributed by atoms with van der Waals surface area (Å²) in [7, 11) is 0. The van der Waals surface area contributed by atoms with Gasteiger partial charge in [0.15, 0.2) is 6.10 Å². The number of nitro groups is 1. The minimum atomic E-state index is -1.23. The van der Waals surface area contributed by atoms with E-state index in [1.807, 2.05) is 30.3 Å². The molecule has 0 fully saturated rings. The van der Waals surface area contributed by atoms with Crippen LogP contribution < -0.4 is 0 Å². The van der Waals surface area contributed by atoms with Gasteiger partial charge in [0.05, 0.1) is 21.3 Å². The second kappa shape index (κ2) is 5.01. The molecule has 1 aromatic carbocycles. The van der Waals surface area contributed by atoms with Gasteiger partial charge < -0.3 is 10.2 Å². The van der Waals surface area contributed by atoms with Gasteiger partial charge in [0.2, 0.25) is 0 Å². The number of hydrogen-bond donors (Lipinski definition) is 2. The van der Waals surface area contributed by atoms with Crippen LogP contribution in [0.25, 0.3) is 0 Å². The van der Waals surface area contributed by atoms with Crippen LogP contribution in [-0.2, 0) is 0 Å².